The zero-order chi connectivity index (χ0) is 10.6. The summed E-state index contributed by atoms with van der Waals surface area (Å²) in [5.74, 6) is 0.895. The van der Waals surface area contributed by atoms with E-state index in [1.165, 1.54) is 4.70 Å². The molecule has 0 saturated carbocycles. The van der Waals surface area contributed by atoms with E-state index in [-0.39, 0.29) is 0 Å². The Kier molecular flexibility index (Phi) is 4.60. The van der Waals surface area contributed by atoms with Crippen molar-refractivity contribution in [1.29, 1.82) is 0 Å². The van der Waals surface area contributed by atoms with Crippen LogP contribution in [0, 0.1) is 6.92 Å². The Labute approximate surface area is 101 Å². The molecule has 0 bridgehead atoms. The first-order chi connectivity index (χ1) is 6.79. The highest BCUT2D eigenvalue weighted by Crippen LogP contribution is 2.25. The maximum absolute atomic E-state index is 5.11. The summed E-state index contributed by atoms with van der Waals surface area (Å²) >= 11 is 3.84. The fraction of sp³-hybridized carbons (Fsp3) is 0.300. The molecule has 76 valence electrons. The third-order valence-electron chi connectivity index (χ3n) is 1.70. The van der Waals surface area contributed by atoms with E-state index >= 15 is 0 Å². The van der Waals surface area contributed by atoms with Crippen molar-refractivity contribution in [2.45, 2.75) is 6.92 Å². The van der Waals surface area contributed by atoms with Crippen LogP contribution in [0.5, 0.6) is 5.75 Å². The minimum Gasteiger partial charge on any atom is -0.497 e. The van der Waals surface area contributed by atoms with Gasteiger partial charge in [0.2, 0.25) is 0 Å². The van der Waals surface area contributed by atoms with Gasteiger partial charge >= 0.3 is 0 Å². The summed E-state index contributed by atoms with van der Waals surface area (Å²) in [5, 5.41) is 1.10. The lowest BCUT2D eigenvalue weighted by Crippen LogP contribution is -1.80. The molecule has 0 unspecified atom stereocenters. The van der Waals surface area contributed by atoms with E-state index < -0.39 is 0 Å². The standard InChI is InChI=1S/C9H9NOS.CH3I/c1-6-10-8-4-3-7(11-2)5-9(8)12-6;1-2/h3-5H,1-2H3;1H3. The molecule has 1 aromatic heterocycles. The first-order valence-electron chi connectivity index (χ1n) is 4.08. The Hall–Kier alpha value is -0.360. The number of benzene rings is 1. The van der Waals surface area contributed by atoms with Crippen molar-refractivity contribution in [3.63, 3.8) is 0 Å². The molecule has 0 fully saturated rings. The zero-order valence-corrected chi connectivity index (χ0v) is 11.3. The van der Waals surface area contributed by atoms with E-state index in [2.05, 4.69) is 27.6 Å². The highest BCUT2D eigenvalue weighted by atomic mass is 127. The number of hydrogen-bond acceptors (Lipinski definition) is 3. The molecule has 0 N–H and O–H groups in total. The van der Waals surface area contributed by atoms with Crippen molar-refractivity contribution in [2.75, 3.05) is 12.0 Å². The van der Waals surface area contributed by atoms with Gasteiger partial charge < -0.3 is 4.74 Å². The Morgan fingerprint density at radius 1 is 1.36 bits per heavy atom. The second-order valence-corrected chi connectivity index (χ2v) is 3.80. The van der Waals surface area contributed by atoms with Crippen molar-refractivity contribution in [2.24, 2.45) is 0 Å². The molecule has 14 heavy (non-hydrogen) atoms. The largest absolute Gasteiger partial charge is 0.497 e. The molecular formula is C10H12INOS. The summed E-state index contributed by atoms with van der Waals surface area (Å²) < 4.78 is 6.30. The molecule has 1 heterocycles. The summed E-state index contributed by atoms with van der Waals surface area (Å²) in [6.45, 7) is 2.01. The molecule has 2 nitrogen and oxygen atoms in total. The van der Waals surface area contributed by atoms with Crippen LogP contribution in [-0.2, 0) is 0 Å². The first kappa shape index (κ1) is 11.7. The molecule has 0 aliphatic rings. The van der Waals surface area contributed by atoms with Crippen LogP contribution >= 0.6 is 33.9 Å². The number of thiazole rings is 1. The van der Waals surface area contributed by atoms with E-state index in [0.29, 0.717) is 0 Å². The number of rotatable bonds is 1. The number of aromatic nitrogens is 1. The number of nitrogens with zero attached hydrogens (tertiary/aromatic N) is 1. The average molecular weight is 321 g/mol. The average Bonchev–Trinajstić information content (AvgIpc) is 2.59. The second-order valence-electron chi connectivity index (χ2n) is 2.57. The number of fused-ring (bicyclic) bond motifs is 1. The molecule has 2 rings (SSSR count). The smallest absolute Gasteiger partial charge is 0.120 e. The van der Waals surface area contributed by atoms with Crippen molar-refractivity contribution in [3.8, 4) is 5.75 Å². The number of ether oxygens (including phenoxy) is 1. The molecule has 0 amide bonds. The van der Waals surface area contributed by atoms with Gasteiger partial charge in [0.15, 0.2) is 0 Å². The summed E-state index contributed by atoms with van der Waals surface area (Å²) in [6, 6.07) is 5.93. The molecule has 0 saturated heterocycles. The van der Waals surface area contributed by atoms with Crippen LogP contribution in [0.4, 0.5) is 0 Å². The number of methoxy groups -OCH3 is 1. The summed E-state index contributed by atoms with van der Waals surface area (Å²) in [5.41, 5.74) is 1.05. The van der Waals surface area contributed by atoms with E-state index in [4.69, 9.17) is 4.74 Å². The Balaban J connectivity index is 0.000000461. The highest BCUT2D eigenvalue weighted by Gasteiger charge is 2.00. The van der Waals surface area contributed by atoms with Crippen LogP contribution in [0.15, 0.2) is 18.2 Å². The maximum Gasteiger partial charge on any atom is 0.120 e. The summed E-state index contributed by atoms with van der Waals surface area (Å²) in [4.78, 5) is 6.32. The monoisotopic (exact) mass is 321 g/mol. The Morgan fingerprint density at radius 3 is 2.71 bits per heavy atom. The third-order valence-corrected chi connectivity index (χ3v) is 2.64. The normalized spacial score (nSPS) is 9.43. The van der Waals surface area contributed by atoms with Gasteiger partial charge in [-0.25, -0.2) is 4.98 Å². The topological polar surface area (TPSA) is 22.1 Å². The van der Waals surface area contributed by atoms with E-state index in [1.807, 2.05) is 30.1 Å². The van der Waals surface area contributed by atoms with Crippen molar-refractivity contribution < 1.29 is 4.74 Å². The molecule has 0 aliphatic carbocycles. The molecule has 0 radical (unpaired) electrons. The van der Waals surface area contributed by atoms with Gasteiger partial charge in [-0.3, -0.25) is 0 Å². The van der Waals surface area contributed by atoms with Crippen LogP contribution in [0.25, 0.3) is 10.2 Å². The van der Waals surface area contributed by atoms with Gasteiger partial charge in [-0.05, 0) is 30.1 Å². The number of hydrogen-bond donors (Lipinski definition) is 0. The van der Waals surface area contributed by atoms with Crippen molar-refractivity contribution >= 4 is 44.1 Å². The Morgan fingerprint density at radius 2 is 2.07 bits per heavy atom. The van der Waals surface area contributed by atoms with Gasteiger partial charge in [-0.2, -0.15) is 0 Å². The van der Waals surface area contributed by atoms with Gasteiger partial charge in [0, 0.05) is 0 Å². The second kappa shape index (κ2) is 5.50. The summed E-state index contributed by atoms with van der Waals surface area (Å²) in [6.07, 6.45) is 0. The van der Waals surface area contributed by atoms with Gasteiger partial charge in [0.05, 0.1) is 22.3 Å². The van der Waals surface area contributed by atoms with E-state index in [9.17, 15) is 0 Å². The van der Waals surface area contributed by atoms with Crippen molar-refractivity contribution in [1.82, 2.24) is 4.98 Å². The zero-order valence-electron chi connectivity index (χ0n) is 8.37. The lowest BCUT2D eigenvalue weighted by Gasteiger charge is -1.96. The molecule has 1 aromatic carbocycles. The quantitative estimate of drug-likeness (QED) is 0.591. The number of alkyl halides is 1. The van der Waals surface area contributed by atoms with E-state index in [1.54, 1.807) is 18.4 Å². The molecule has 4 heteroatoms. The van der Waals surface area contributed by atoms with Crippen LogP contribution in [-0.4, -0.2) is 17.0 Å². The minimum atomic E-state index is 0.895. The van der Waals surface area contributed by atoms with Gasteiger partial charge in [0.1, 0.15) is 5.75 Å². The van der Waals surface area contributed by atoms with Crippen LogP contribution < -0.4 is 4.74 Å². The van der Waals surface area contributed by atoms with Crippen LogP contribution in [0.1, 0.15) is 5.01 Å². The molecule has 0 aliphatic heterocycles. The fourth-order valence-electron chi connectivity index (χ4n) is 1.15. The number of aryl methyl sites for hydroxylation is 1. The molecule has 0 spiro atoms. The first-order valence-corrected chi connectivity index (χ1v) is 7.06. The Bertz CT molecular complexity index is 413. The third kappa shape index (κ3) is 2.57. The summed E-state index contributed by atoms with van der Waals surface area (Å²) in [7, 11) is 1.68. The SMILES string of the molecule is CI.COc1ccc2nc(C)sc2c1. The molecular weight excluding hydrogens is 309 g/mol. The lowest BCUT2D eigenvalue weighted by atomic mass is 10.3. The number of halogens is 1. The molecule has 2 aromatic rings. The van der Waals surface area contributed by atoms with Crippen LogP contribution in [0.2, 0.25) is 0 Å². The predicted octanol–water partition coefficient (Wildman–Crippen LogP) is 3.66. The lowest BCUT2D eigenvalue weighted by molar-refractivity contribution is 0.415. The fourth-order valence-corrected chi connectivity index (χ4v) is 2.00. The van der Waals surface area contributed by atoms with Gasteiger partial charge in [-0.1, -0.05) is 22.6 Å². The van der Waals surface area contributed by atoms with Gasteiger partial charge in [-0.15, -0.1) is 11.3 Å². The highest BCUT2D eigenvalue weighted by molar-refractivity contribution is 14.1. The maximum atomic E-state index is 5.11. The van der Waals surface area contributed by atoms with Gasteiger partial charge in [0.25, 0.3) is 0 Å². The van der Waals surface area contributed by atoms with Crippen molar-refractivity contribution in [3.05, 3.63) is 23.2 Å². The predicted molar refractivity (Wildman–Crippen MR) is 70.9 cm³/mol. The molecule has 0 atom stereocenters. The minimum absolute atomic E-state index is 0.895. The van der Waals surface area contributed by atoms with Crippen LogP contribution in [0.3, 0.4) is 0 Å². The van der Waals surface area contributed by atoms with E-state index in [0.717, 1.165) is 16.3 Å².